The summed E-state index contributed by atoms with van der Waals surface area (Å²) in [7, 11) is 0. The van der Waals surface area contributed by atoms with Crippen LogP contribution in [-0.4, -0.2) is 107 Å². The molecule has 0 radical (unpaired) electrons. The number of hydrogen-bond donors (Lipinski definition) is 9. The van der Waals surface area contributed by atoms with Gasteiger partial charge in [-0.3, -0.25) is 28.8 Å². The van der Waals surface area contributed by atoms with E-state index in [-0.39, 0.29) is 76.5 Å². The fraction of sp³-hybridized carbons (Fsp3) is 0.432. The van der Waals surface area contributed by atoms with Gasteiger partial charge in [-0.05, 0) is 182 Å². The lowest BCUT2D eigenvalue weighted by Crippen LogP contribution is -2.42. The molecular weight excluding hydrogens is 1360 g/mol. The van der Waals surface area contributed by atoms with E-state index < -0.39 is 36.1 Å². The minimum absolute atomic E-state index is 0. The number of carbonyl (C=O) groups excluding carboxylic acids is 4. The Labute approximate surface area is 594 Å². The van der Waals surface area contributed by atoms with Crippen LogP contribution in [0.15, 0.2) is 109 Å². The lowest BCUT2D eigenvalue weighted by molar-refractivity contribution is -0.185. The molecule has 3 heterocycles. The zero-order valence-corrected chi connectivity index (χ0v) is 57.1. The number of nitrogens with one attached hydrogen (secondary N) is 6. The second-order valence-corrected chi connectivity index (χ2v) is 26.4. The van der Waals surface area contributed by atoms with Crippen molar-refractivity contribution in [2.24, 2.45) is 11.8 Å². The number of nitrogen functional groups attached to an aromatic ring is 1. The highest BCUT2D eigenvalue weighted by molar-refractivity contribution is 6.34. The number of rotatable bonds is 16. The summed E-state index contributed by atoms with van der Waals surface area (Å²) >= 11 is 19.3. The number of carboxylic acids is 2. The molecule has 0 aromatic heterocycles. The van der Waals surface area contributed by atoms with E-state index >= 15 is 0 Å². The number of anilines is 6. The lowest BCUT2D eigenvalue weighted by Gasteiger charge is -2.21. The van der Waals surface area contributed by atoms with E-state index in [9.17, 15) is 55.1 Å². The summed E-state index contributed by atoms with van der Waals surface area (Å²) in [5, 5.41) is 37.3. The van der Waals surface area contributed by atoms with Gasteiger partial charge in [0.05, 0.1) is 45.0 Å². The molecule has 2 saturated carbocycles. The fourth-order valence-corrected chi connectivity index (χ4v) is 13.5. The summed E-state index contributed by atoms with van der Waals surface area (Å²) < 4.78 is 76.9. The average molecular weight is 1450 g/mol. The smallest absolute Gasteiger partial charge is 0.471 e. The average Bonchev–Trinajstić information content (AvgIpc) is 1.57. The largest absolute Gasteiger partial charge is 0.481 e. The first-order chi connectivity index (χ1) is 47.3. The number of nitrogens with two attached hydrogens (primary N) is 1. The van der Waals surface area contributed by atoms with E-state index in [1.165, 1.54) is 42.4 Å². The van der Waals surface area contributed by atoms with Gasteiger partial charge in [-0.15, -0.1) is 0 Å². The minimum Gasteiger partial charge on any atom is -0.481 e. The molecule has 6 aromatic rings. The third-order valence-corrected chi connectivity index (χ3v) is 19.1. The van der Waals surface area contributed by atoms with Crippen molar-refractivity contribution in [2.75, 3.05) is 71.6 Å². The Hall–Kier alpha value is -8.25. The molecule has 0 unspecified atom stereocenters. The van der Waals surface area contributed by atoms with Crippen LogP contribution in [-0.2, 0) is 86.9 Å². The SMILES string of the molecule is C.Nc1ccc(CNc2c(Cl)ccc3c2CCN(C(=O)C(F)(F)F)CC3)cc1.O=C(Nc1ccc(CNc2c(Cl)ccc3c2CCN(C(=O)C(F)(F)F)CC3)cc1)C1CCCCC1.O=C(Nc1ccc(CNc2c(Cl)ccc3c2CCNCC3)cc1)C1CCCCC1.O=C(O)CCC(=O)O. The highest BCUT2D eigenvalue weighted by Crippen LogP contribution is 2.37. The zero-order chi connectivity index (χ0) is 71.2. The number of fused-ring (bicyclic) bond motifs is 3. The molecule has 2 aliphatic carbocycles. The molecule has 10 N–H and O–H groups in total. The molecular formula is C74H88Cl3F6N9O8. The zero-order valence-electron chi connectivity index (χ0n) is 54.9. The number of carboxylic acid groups (broad SMARTS) is 2. The van der Waals surface area contributed by atoms with E-state index in [0.29, 0.717) is 66.0 Å². The Morgan fingerprint density at radius 1 is 0.450 bits per heavy atom. The molecule has 26 heteroatoms. The summed E-state index contributed by atoms with van der Waals surface area (Å²) in [6.07, 6.45) is 3.91. The fourth-order valence-electron chi connectivity index (χ4n) is 12.7. The minimum atomic E-state index is -4.88. The molecule has 3 aliphatic heterocycles. The van der Waals surface area contributed by atoms with Gasteiger partial charge < -0.3 is 57.6 Å². The van der Waals surface area contributed by atoms with Crippen molar-refractivity contribution in [1.29, 1.82) is 0 Å². The van der Waals surface area contributed by atoms with Gasteiger partial charge in [0.1, 0.15) is 0 Å². The third kappa shape index (κ3) is 23.7. The van der Waals surface area contributed by atoms with Crippen LogP contribution in [0.2, 0.25) is 15.1 Å². The summed E-state index contributed by atoms with van der Waals surface area (Å²) in [6, 6.07) is 34.3. The van der Waals surface area contributed by atoms with E-state index in [1.807, 2.05) is 66.7 Å². The Kier molecular flexibility index (Phi) is 30.0. The molecule has 0 saturated heterocycles. The van der Waals surface area contributed by atoms with Crippen molar-refractivity contribution in [3.05, 3.63) is 174 Å². The Balaban J connectivity index is 0.000000200. The van der Waals surface area contributed by atoms with Crippen LogP contribution in [0.1, 0.15) is 135 Å². The number of aliphatic carboxylic acids is 2. The van der Waals surface area contributed by atoms with Gasteiger partial charge in [0.15, 0.2) is 0 Å². The maximum Gasteiger partial charge on any atom is 0.471 e. The summed E-state index contributed by atoms with van der Waals surface area (Å²) in [4.78, 5) is 69.1. The standard InChI is InChI=1S/C26H29ClF3N3O2.C24H30ClN3O.C19H19ClF3N3O.C4H6O4.CH4/c27-22-11-8-18-12-14-33(25(35)26(28,29)30)15-13-21(18)23(22)31-16-17-6-9-20(10-7-17)32-24(34)19-4-2-1-3-5-19;25-22-11-8-18-12-14-26-15-13-21(18)23(22)27-16-17-6-9-20(10-7-17)28-24(29)19-4-2-1-3-5-19;20-16-6-3-13-7-9-26(18(27)19(21,22)23)10-8-15(13)17(16)25-11-12-1-4-14(24)5-2-12;5-3(6)1-2-4(7)8;/h6-11,19,31H,1-5,12-16H2,(H,32,34);6-11,19,26-27H,1-5,12-16H2,(H,28,29);1-6,25H,7-11,24H2;1-2H2,(H,5,6)(H,7,8);1H4. The highest BCUT2D eigenvalue weighted by Gasteiger charge is 2.44. The van der Waals surface area contributed by atoms with Crippen LogP contribution < -0.4 is 37.6 Å². The molecule has 2 fully saturated rings. The molecule has 4 amide bonds. The van der Waals surface area contributed by atoms with Gasteiger partial charge in [-0.25, -0.2) is 0 Å². The number of hydrogen-bond acceptors (Lipinski definition) is 11. The number of benzene rings is 6. The van der Waals surface area contributed by atoms with Crippen molar-refractivity contribution in [3.63, 3.8) is 0 Å². The second kappa shape index (κ2) is 38.0. The highest BCUT2D eigenvalue weighted by atomic mass is 35.5. The van der Waals surface area contributed by atoms with Gasteiger partial charge >= 0.3 is 36.1 Å². The quantitative estimate of drug-likeness (QED) is 0.0324. The van der Waals surface area contributed by atoms with Crippen molar-refractivity contribution < 1.29 is 65.3 Å². The van der Waals surface area contributed by atoms with E-state index in [1.54, 1.807) is 24.3 Å². The number of alkyl halides is 6. The first kappa shape index (κ1) is 79.1. The maximum atomic E-state index is 12.9. The van der Waals surface area contributed by atoms with Crippen molar-refractivity contribution in [2.45, 2.75) is 155 Å². The van der Waals surface area contributed by atoms with Crippen LogP contribution in [0, 0.1) is 11.8 Å². The second-order valence-electron chi connectivity index (χ2n) is 25.1. The molecule has 0 spiro atoms. The van der Waals surface area contributed by atoms with Crippen LogP contribution in [0.4, 0.5) is 60.5 Å². The Morgan fingerprint density at radius 2 is 0.770 bits per heavy atom. The van der Waals surface area contributed by atoms with Crippen LogP contribution >= 0.6 is 34.8 Å². The molecule has 6 aromatic carbocycles. The lowest BCUT2D eigenvalue weighted by atomic mass is 9.88. The maximum absolute atomic E-state index is 12.9. The normalized spacial score (nSPS) is 15.5. The van der Waals surface area contributed by atoms with Crippen molar-refractivity contribution in [3.8, 4) is 0 Å². The summed E-state index contributed by atoms with van der Waals surface area (Å²) in [5.41, 5.74) is 19.7. The third-order valence-electron chi connectivity index (χ3n) is 18.2. The van der Waals surface area contributed by atoms with Gasteiger partial charge in [0, 0.05) is 74.7 Å². The van der Waals surface area contributed by atoms with E-state index in [2.05, 4.69) is 50.1 Å². The monoisotopic (exact) mass is 1450 g/mol. The first-order valence-electron chi connectivity index (χ1n) is 33.4. The van der Waals surface area contributed by atoms with E-state index in [4.69, 9.17) is 50.7 Å². The van der Waals surface area contributed by atoms with Gasteiger partial charge in [0.25, 0.3) is 0 Å². The van der Waals surface area contributed by atoms with Crippen molar-refractivity contribution >= 4 is 104 Å². The van der Waals surface area contributed by atoms with E-state index in [0.717, 1.165) is 130 Å². The molecule has 540 valence electrons. The first-order valence-corrected chi connectivity index (χ1v) is 34.6. The van der Waals surface area contributed by atoms with Gasteiger partial charge in [0.2, 0.25) is 11.8 Å². The topological polar surface area (TPSA) is 248 Å². The molecule has 5 aliphatic rings. The molecule has 11 rings (SSSR count). The molecule has 0 atom stereocenters. The summed E-state index contributed by atoms with van der Waals surface area (Å²) in [6.45, 7) is 3.70. The van der Waals surface area contributed by atoms with Crippen molar-refractivity contribution in [1.82, 2.24) is 15.1 Å². The van der Waals surface area contributed by atoms with Crippen LogP contribution in [0.3, 0.4) is 0 Å². The number of carbonyl (C=O) groups is 6. The molecule has 17 nitrogen and oxygen atoms in total. The number of halogens is 9. The van der Waals surface area contributed by atoms with Gasteiger partial charge in [-0.2, -0.15) is 26.3 Å². The Morgan fingerprint density at radius 3 is 1.12 bits per heavy atom. The predicted octanol–water partition coefficient (Wildman–Crippen LogP) is 15.7. The molecule has 100 heavy (non-hydrogen) atoms. The Bertz CT molecular complexity index is 3730. The van der Waals surface area contributed by atoms with Gasteiger partial charge in [-0.1, -0.05) is 135 Å². The number of nitrogens with zero attached hydrogens (tertiary/aromatic N) is 2. The number of amides is 4. The van der Waals surface area contributed by atoms with Crippen LogP contribution in [0.5, 0.6) is 0 Å². The van der Waals surface area contributed by atoms with Crippen LogP contribution in [0.25, 0.3) is 0 Å². The summed E-state index contributed by atoms with van der Waals surface area (Å²) in [5.74, 6) is -5.24. The predicted molar refractivity (Wildman–Crippen MR) is 382 cm³/mol. The molecule has 0 bridgehead atoms.